The van der Waals surface area contributed by atoms with Crippen molar-refractivity contribution in [3.63, 3.8) is 0 Å². The summed E-state index contributed by atoms with van der Waals surface area (Å²) in [5.74, 6) is 0.380. The van der Waals surface area contributed by atoms with Crippen LogP contribution < -0.4 is 4.74 Å². The van der Waals surface area contributed by atoms with E-state index in [-0.39, 0.29) is 23.9 Å². The topological polar surface area (TPSA) is 72.6 Å². The van der Waals surface area contributed by atoms with E-state index in [0.29, 0.717) is 17.0 Å². The fourth-order valence-corrected chi connectivity index (χ4v) is 4.62. The van der Waals surface area contributed by atoms with E-state index < -0.39 is 15.8 Å². The summed E-state index contributed by atoms with van der Waals surface area (Å²) in [6.45, 7) is 0.138. The minimum atomic E-state index is -3.85. The van der Waals surface area contributed by atoms with Gasteiger partial charge in [0, 0.05) is 12.1 Å². The molecule has 6 nitrogen and oxygen atoms in total. The van der Waals surface area contributed by atoms with E-state index in [0.717, 1.165) is 5.56 Å². The maximum Gasteiger partial charge on any atom is 0.243 e. The van der Waals surface area contributed by atoms with Gasteiger partial charge in [-0.3, -0.25) is 0 Å². The van der Waals surface area contributed by atoms with Crippen molar-refractivity contribution in [3.05, 3.63) is 102 Å². The minimum Gasteiger partial charge on any atom is -0.497 e. The Balaban J connectivity index is 1.65. The van der Waals surface area contributed by atoms with Gasteiger partial charge in [-0.1, -0.05) is 36.4 Å². The van der Waals surface area contributed by atoms with E-state index in [1.807, 2.05) is 30.3 Å². The van der Waals surface area contributed by atoms with Crippen LogP contribution in [0.5, 0.6) is 5.75 Å². The molecule has 0 aliphatic rings. The van der Waals surface area contributed by atoms with Gasteiger partial charge in [0.2, 0.25) is 15.9 Å². The van der Waals surface area contributed by atoms with Crippen LogP contribution in [0.15, 0.2) is 94.4 Å². The summed E-state index contributed by atoms with van der Waals surface area (Å²) in [7, 11) is -2.33. The van der Waals surface area contributed by atoms with Crippen LogP contribution >= 0.6 is 0 Å². The third-order valence-electron chi connectivity index (χ3n) is 4.86. The van der Waals surface area contributed by atoms with E-state index >= 15 is 0 Å². The van der Waals surface area contributed by atoms with Crippen LogP contribution in [0.1, 0.15) is 11.3 Å². The zero-order valence-electron chi connectivity index (χ0n) is 17.3. The summed E-state index contributed by atoms with van der Waals surface area (Å²) in [6, 6.07) is 21.4. The molecule has 0 atom stereocenters. The first-order chi connectivity index (χ1) is 15.5. The zero-order chi connectivity index (χ0) is 22.6. The minimum absolute atomic E-state index is 0.0118. The molecular weight excluding hydrogens is 431 g/mol. The van der Waals surface area contributed by atoms with Crippen molar-refractivity contribution in [3.8, 4) is 17.2 Å². The number of aromatic nitrogens is 1. The summed E-state index contributed by atoms with van der Waals surface area (Å²) in [4.78, 5) is 4.52. The monoisotopic (exact) mass is 452 g/mol. The lowest BCUT2D eigenvalue weighted by Crippen LogP contribution is -2.30. The zero-order valence-corrected chi connectivity index (χ0v) is 18.1. The van der Waals surface area contributed by atoms with Gasteiger partial charge in [0.15, 0.2) is 0 Å². The van der Waals surface area contributed by atoms with E-state index in [1.54, 1.807) is 24.3 Å². The Hall–Kier alpha value is -3.49. The normalized spacial score (nSPS) is 11.6. The molecule has 3 aromatic carbocycles. The molecule has 0 fully saturated rings. The number of rotatable bonds is 8. The van der Waals surface area contributed by atoms with Crippen LogP contribution in [0.3, 0.4) is 0 Å². The van der Waals surface area contributed by atoms with Crippen molar-refractivity contribution in [1.29, 1.82) is 0 Å². The Morgan fingerprint density at radius 3 is 2.41 bits per heavy atom. The van der Waals surface area contributed by atoms with Crippen molar-refractivity contribution in [2.24, 2.45) is 0 Å². The molecule has 4 rings (SSSR count). The highest BCUT2D eigenvalue weighted by Crippen LogP contribution is 2.25. The highest BCUT2D eigenvalue weighted by atomic mass is 32.2. The smallest absolute Gasteiger partial charge is 0.243 e. The molecule has 1 aromatic heterocycles. The lowest BCUT2D eigenvalue weighted by Gasteiger charge is -2.21. The van der Waals surface area contributed by atoms with Crippen LogP contribution in [-0.2, 0) is 23.1 Å². The number of nitrogens with zero attached hydrogens (tertiary/aromatic N) is 2. The molecule has 0 saturated carbocycles. The second-order valence-corrected chi connectivity index (χ2v) is 9.03. The third kappa shape index (κ3) is 4.87. The van der Waals surface area contributed by atoms with E-state index in [2.05, 4.69) is 4.98 Å². The Labute approximate surface area is 186 Å². The molecule has 0 spiro atoms. The van der Waals surface area contributed by atoms with Gasteiger partial charge in [-0.2, -0.15) is 4.31 Å². The molecule has 0 aliphatic carbocycles. The highest BCUT2D eigenvalue weighted by molar-refractivity contribution is 7.89. The molecule has 0 N–H and O–H groups in total. The molecular formula is C24H21FN2O4S. The number of benzene rings is 3. The van der Waals surface area contributed by atoms with Gasteiger partial charge in [-0.05, 0) is 48.0 Å². The van der Waals surface area contributed by atoms with Gasteiger partial charge in [-0.15, -0.1) is 0 Å². The van der Waals surface area contributed by atoms with Crippen molar-refractivity contribution in [2.75, 3.05) is 7.11 Å². The van der Waals surface area contributed by atoms with Crippen molar-refractivity contribution < 1.29 is 22.0 Å². The average molecular weight is 453 g/mol. The number of hydrogen-bond acceptors (Lipinski definition) is 5. The summed E-state index contributed by atoms with van der Waals surface area (Å²) < 4.78 is 52.4. The second-order valence-electron chi connectivity index (χ2n) is 7.09. The predicted octanol–water partition coefficient (Wildman–Crippen LogP) is 4.88. The number of methoxy groups -OCH3 is 1. The fraction of sp³-hybridized carbons (Fsp3) is 0.125. The van der Waals surface area contributed by atoms with Gasteiger partial charge in [0.05, 0.1) is 24.2 Å². The molecule has 0 aliphatic heterocycles. The van der Waals surface area contributed by atoms with Crippen LogP contribution in [-0.4, -0.2) is 24.8 Å². The Morgan fingerprint density at radius 1 is 0.969 bits per heavy atom. The quantitative estimate of drug-likeness (QED) is 0.381. The van der Waals surface area contributed by atoms with Gasteiger partial charge < -0.3 is 9.15 Å². The molecule has 164 valence electrons. The lowest BCUT2D eigenvalue weighted by atomic mass is 10.2. The van der Waals surface area contributed by atoms with Gasteiger partial charge >= 0.3 is 0 Å². The summed E-state index contributed by atoms with van der Waals surface area (Å²) >= 11 is 0. The first-order valence-corrected chi connectivity index (χ1v) is 11.3. The van der Waals surface area contributed by atoms with Gasteiger partial charge in [-0.25, -0.2) is 17.8 Å². The van der Waals surface area contributed by atoms with Crippen LogP contribution in [0.4, 0.5) is 4.39 Å². The maximum atomic E-state index is 13.5. The van der Waals surface area contributed by atoms with E-state index in [9.17, 15) is 12.8 Å². The molecule has 4 aromatic rings. The first-order valence-electron chi connectivity index (χ1n) is 9.84. The Morgan fingerprint density at radius 2 is 1.72 bits per heavy atom. The van der Waals surface area contributed by atoms with Gasteiger partial charge in [0.1, 0.15) is 17.8 Å². The molecule has 0 radical (unpaired) electrons. The summed E-state index contributed by atoms with van der Waals surface area (Å²) in [5.41, 5.74) is 1.72. The van der Waals surface area contributed by atoms with Crippen molar-refractivity contribution in [1.82, 2.24) is 9.29 Å². The second kappa shape index (κ2) is 9.33. The van der Waals surface area contributed by atoms with Crippen LogP contribution in [0.2, 0.25) is 0 Å². The maximum absolute atomic E-state index is 13.5. The predicted molar refractivity (Wildman–Crippen MR) is 118 cm³/mol. The summed E-state index contributed by atoms with van der Waals surface area (Å²) in [5, 5.41) is 0. The number of hydrogen-bond donors (Lipinski definition) is 0. The number of ether oxygens (including phenoxy) is 1. The number of oxazole rings is 1. The lowest BCUT2D eigenvalue weighted by molar-refractivity contribution is 0.395. The molecule has 32 heavy (non-hydrogen) atoms. The number of halogens is 1. The summed E-state index contributed by atoms with van der Waals surface area (Å²) in [6.07, 6.45) is 1.39. The fourth-order valence-electron chi connectivity index (χ4n) is 3.22. The molecule has 0 unspecified atom stereocenters. The molecule has 0 amide bonds. The molecule has 8 heteroatoms. The van der Waals surface area contributed by atoms with Gasteiger partial charge in [0.25, 0.3) is 0 Å². The Bertz CT molecular complexity index is 1290. The molecule has 0 saturated heterocycles. The molecule has 1 heterocycles. The van der Waals surface area contributed by atoms with Crippen LogP contribution in [0, 0.1) is 5.82 Å². The first kappa shape index (κ1) is 21.7. The molecule has 0 bridgehead atoms. The largest absolute Gasteiger partial charge is 0.497 e. The Kier molecular flexibility index (Phi) is 6.34. The third-order valence-corrected chi connectivity index (χ3v) is 6.67. The van der Waals surface area contributed by atoms with Crippen molar-refractivity contribution >= 4 is 10.0 Å². The van der Waals surface area contributed by atoms with E-state index in [4.69, 9.17) is 9.15 Å². The SMILES string of the molecule is COc1ccc(S(=O)(=O)N(Cc2ccccc2)Cc2coc(-c3cccc(F)c3)n2)cc1. The van der Waals surface area contributed by atoms with E-state index in [1.165, 1.54) is 41.9 Å². The van der Waals surface area contributed by atoms with Crippen LogP contribution in [0.25, 0.3) is 11.5 Å². The standard InChI is InChI=1S/C24H21FN2O4S/c1-30-22-10-12-23(13-11-22)32(28,29)27(15-18-6-3-2-4-7-18)16-21-17-31-24(26-21)19-8-5-9-20(25)14-19/h2-14,17H,15-16H2,1H3. The highest BCUT2D eigenvalue weighted by Gasteiger charge is 2.26. The number of sulfonamides is 1. The average Bonchev–Trinajstić information content (AvgIpc) is 3.28. The van der Waals surface area contributed by atoms with Crippen molar-refractivity contribution in [2.45, 2.75) is 18.0 Å².